The van der Waals surface area contributed by atoms with Crippen molar-refractivity contribution in [1.29, 1.82) is 0 Å². The summed E-state index contributed by atoms with van der Waals surface area (Å²) < 4.78 is 13.5. The maximum atomic E-state index is 13.5. The van der Waals surface area contributed by atoms with Gasteiger partial charge in [-0.15, -0.1) is 0 Å². The third-order valence-electron chi connectivity index (χ3n) is 6.52. The zero-order valence-electron chi connectivity index (χ0n) is 18.3. The molecule has 1 aliphatic carbocycles. The lowest BCUT2D eigenvalue weighted by Gasteiger charge is -2.36. The molecule has 0 bridgehead atoms. The molecule has 6 nitrogen and oxygen atoms in total. The molecule has 5 rings (SSSR count). The predicted octanol–water partition coefficient (Wildman–Crippen LogP) is 4.84. The van der Waals surface area contributed by atoms with Crippen LogP contribution in [-0.2, 0) is 4.79 Å². The number of rotatable bonds is 4. The van der Waals surface area contributed by atoms with Crippen LogP contribution in [0.15, 0.2) is 48.9 Å². The zero-order valence-corrected chi connectivity index (χ0v) is 19.0. The third kappa shape index (κ3) is 4.55. The van der Waals surface area contributed by atoms with Gasteiger partial charge in [-0.2, -0.15) is 0 Å². The normalized spacial score (nSPS) is 16.9. The van der Waals surface area contributed by atoms with E-state index in [1.165, 1.54) is 12.1 Å². The van der Waals surface area contributed by atoms with Gasteiger partial charge in [-0.3, -0.25) is 14.8 Å². The van der Waals surface area contributed by atoms with Crippen molar-refractivity contribution in [2.24, 2.45) is 5.92 Å². The van der Waals surface area contributed by atoms with Gasteiger partial charge in [0, 0.05) is 55.6 Å². The van der Waals surface area contributed by atoms with Crippen LogP contribution in [0.3, 0.4) is 0 Å². The first-order chi connectivity index (χ1) is 16.1. The van der Waals surface area contributed by atoms with Crippen molar-refractivity contribution in [3.05, 3.63) is 59.8 Å². The summed E-state index contributed by atoms with van der Waals surface area (Å²) in [5.41, 5.74) is 2.72. The van der Waals surface area contributed by atoms with Gasteiger partial charge in [0.15, 0.2) is 0 Å². The van der Waals surface area contributed by atoms with E-state index in [-0.39, 0.29) is 11.7 Å². The standard InChI is InChI=1S/C25H25ClFN5O/c26-21-15-28-10-9-20(21)24-23(17-5-7-19(27)8-6-17)29-16-22(30-24)31-11-13-32(14-12-31)25(33)18-3-1-2-4-18/h5-10,15-16,18H,1-4,11-14H2. The molecule has 1 saturated carbocycles. The number of carbonyl (C=O) groups excluding carboxylic acids is 1. The van der Waals surface area contributed by atoms with Crippen molar-refractivity contribution >= 4 is 23.3 Å². The maximum Gasteiger partial charge on any atom is 0.225 e. The number of benzene rings is 1. The Hall–Kier alpha value is -3.06. The number of aromatic nitrogens is 3. The summed E-state index contributed by atoms with van der Waals surface area (Å²) in [5.74, 6) is 0.925. The summed E-state index contributed by atoms with van der Waals surface area (Å²) in [7, 11) is 0. The van der Waals surface area contributed by atoms with Crippen LogP contribution >= 0.6 is 11.6 Å². The van der Waals surface area contributed by atoms with Gasteiger partial charge in [-0.05, 0) is 43.2 Å². The second-order valence-corrected chi connectivity index (χ2v) is 8.99. The molecule has 0 N–H and O–H groups in total. The van der Waals surface area contributed by atoms with E-state index in [2.05, 4.69) is 9.88 Å². The Kier molecular flexibility index (Phi) is 6.22. The summed E-state index contributed by atoms with van der Waals surface area (Å²) >= 11 is 6.45. The average Bonchev–Trinajstić information content (AvgIpc) is 3.39. The van der Waals surface area contributed by atoms with Gasteiger partial charge >= 0.3 is 0 Å². The third-order valence-corrected chi connectivity index (χ3v) is 6.83. The van der Waals surface area contributed by atoms with Crippen molar-refractivity contribution in [3.63, 3.8) is 0 Å². The monoisotopic (exact) mass is 465 g/mol. The molecule has 0 unspecified atom stereocenters. The molecule has 3 aromatic rings. The predicted molar refractivity (Wildman–Crippen MR) is 126 cm³/mol. The second kappa shape index (κ2) is 9.43. The first-order valence-corrected chi connectivity index (χ1v) is 11.7. The molecule has 2 fully saturated rings. The van der Waals surface area contributed by atoms with Crippen molar-refractivity contribution < 1.29 is 9.18 Å². The fraction of sp³-hybridized carbons (Fsp3) is 0.360. The molecule has 1 aromatic carbocycles. The Morgan fingerprint density at radius 3 is 2.39 bits per heavy atom. The highest BCUT2D eigenvalue weighted by atomic mass is 35.5. The van der Waals surface area contributed by atoms with Crippen molar-refractivity contribution in [2.45, 2.75) is 25.7 Å². The number of amides is 1. The SMILES string of the molecule is O=C(C1CCCC1)N1CCN(c2cnc(-c3ccc(F)cc3)c(-c3ccncc3Cl)n2)CC1. The molecular weight excluding hydrogens is 441 g/mol. The molecule has 0 atom stereocenters. The largest absolute Gasteiger partial charge is 0.352 e. The first-order valence-electron chi connectivity index (χ1n) is 11.4. The van der Waals surface area contributed by atoms with Crippen LogP contribution in [0.25, 0.3) is 22.5 Å². The van der Waals surface area contributed by atoms with E-state index < -0.39 is 0 Å². The smallest absolute Gasteiger partial charge is 0.225 e. The van der Waals surface area contributed by atoms with Crippen LogP contribution in [0, 0.1) is 11.7 Å². The number of hydrogen-bond acceptors (Lipinski definition) is 5. The molecule has 1 saturated heterocycles. The Morgan fingerprint density at radius 1 is 0.970 bits per heavy atom. The Morgan fingerprint density at radius 2 is 1.70 bits per heavy atom. The summed E-state index contributed by atoms with van der Waals surface area (Å²) in [6, 6.07) is 7.99. The number of piperazine rings is 1. The summed E-state index contributed by atoms with van der Waals surface area (Å²) in [5, 5.41) is 0.472. The van der Waals surface area contributed by atoms with E-state index in [4.69, 9.17) is 21.6 Å². The van der Waals surface area contributed by atoms with Crippen LogP contribution in [0.5, 0.6) is 0 Å². The van der Waals surface area contributed by atoms with Gasteiger partial charge in [-0.1, -0.05) is 24.4 Å². The van der Waals surface area contributed by atoms with Crippen LogP contribution in [0.2, 0.25) is 5.02 Å². The lowest BCUT2D eigenvalue weighted by molar-refractivity contribution is -0.135. The molecule has 170 valence electrons. The highest BCUT2D eigenvalue weighted by Gasteiger charge is 2.30. The Labute approximate surface area is 197 Å². The maximum absolute atomic E-state index is 13.5. The second-order valence-electron chi connectivity index (χ2n) is 8.58. The van der Waals surface area contributed by atoms with E-state index in [0.29, 0.717) is 48.5 Å². The number of hydrogen-bond donors (Lipinski definition) is 0. The summed E-state index contributed by atoms with van der Waals surface area (Å²) in [4.78, 5) is 30.6. The molecule has 0 spiro atoms. The Balaban J connectivity index is 1.42. The molecule has 0 radical (unpaired) electrons. The van der Waals surface area contributed by atoms with Crippen LogP contribution in [0.1, 0.15) is 25.7 Å². The topological polar surface area (TPSA) is 62.2 Å². The van der Waals surface area contributed by atoms with Gasteiger partial charge < -0.3 is 9.80 Å². The molecule has 33 heavy (non-hydrogen) atoms. The minimum atomic E-state index is -0.308. The van der Waals surface area contributed by atoms with Gasteiger partial charge in [0.2, 0.25) is 5.91 Å². The molecular formula is C25H25ClFN5O. The van der Waals surface area contributed by atoms with E-state index in [9.17, 15) is 9.18 Å². The lowest BCUT2D eigenvalue weighted by Crippen LogP contribution is -2.50. The molecule has 2 aromatic heterocycles. The van der Waals surface area contributed by atoms with Gasteiger partial charge in [0.05, 0.1) is 16.9 Å². The molecule has 1 aliphatic heterocycles. The van der Waals surface area contributed by atoms with E-state index in [1.54, 1.807) is 36.8 Å². The van der Waals surface area contributed by atoms with Crippen molar-refractivity contribution in [2.75, 3.05) is 31.1 Å². The van der Waals surface area contributed by atoms with Crippen LogP contribution < -0.4 is 4.90 Å². The van der Waals surface area contributed by atoms with Gasteiger partial charge in [0.1, 0.15) is 17.3 Å². The van der Waals surface area contributed by atoms with E-state index >= 15 is 0 Å². The number of halogens is 2. The van der Waals surface area contributed by atoms with E-state index in [0.717, 1.165) is 42.6 Å². The highest BCUT2D eigenvalue weighted by molar-refractivity contribution is 6.33. The van der Waals surface area contributed by atoms with Gasteiger partial charge in [0.25, 0.3) is 0 Å². The lowest BCUT2D eigenvalue weighted by atomic mass is 10.0. The molecule has 8 heteroatoms. The number of nitrogens with zero attached hydrogens (tertiary/aromatic N) is 5. The fourth-order valence-electron chi connectivity index (χ4n) is 4.69. The highest BCUT2D eigenvalue weighted by Crippen LogP contribution is 2.34. The fourth-order valence-corrected chi connectivity index (χ4v) is 4.90. The van der Waals surface area contributed by atoms with Crippen LogP contribution in [-0.4, -0.2) is 51.9 Å². The summed E-state index contributed by atoms with van der Waals surface area (Å²) in [6.07, 6.45) is 9.34. The van der Waals surface area contributed by atoms with Crippen molar-refractivity contribution in [3.8, 4) is 22.5 Å². The first kappa shape index (κ1) is 21.8. The zero-order chi connectivity index (χ0) is 22.8. The quantitative estimate of drug-likeness (QED) is 0.552. The molecule has 3 heterocycles. The van der Waals surface area contributed by atoms with Crippen LogP contribution in [0.4, 0.5) is 10.2 Å². The minimum absolute atomic E-state index is 0.201. The number of anilines is 1. The number of carbonyl (C=O) groups is 1. The van der Waals surface area contributed by atoms with Crippen molar-refractivity contribution in [1.82, 2.24) is 19.9 Å². The number of pyridine rings is 1. The van der Waals surface area contributed by atoms with E-state index in [1.807, 2.05) is 4.90 Å². The summed E-state index contributed by atoms with van der Waals surface area (Å²) in [6.45, 7) is 2.77. The molecule has 2 aliphatic rings. The minimum Gasteiger partial charge on any atom is -0.352 e. The van der Waals surface area contributed by atoms with Gasteiger partial charge in [-0.25, -0.2) is 9.37 Å². The Bertz CT molecular complexity index is 1140. The average molecular weight is 466 g/mol. The molecule has 1 amide bonds.